The molecule has 0 bridgehead atoms. The Kier molecular flexibility index (Phi) is 3.63. The summed E-state index contributed by atoms with van der Waals surface area (Å²) in [6.07, 6.45) is 0.434. The largest absolute Gasteiger partial charge is 0.493 e. The first-order valence-corrected chi connectivity index (χ1v) is 7.17. The van der Waals surface area contributed by atoms with Crippen LogP contribution in [0.1, 0.15) is 18.3 Å². The number of ether oxygens (including phenoxy) is 2. The molecule has 1 amide bonds. The third-order valence-corrected chi connectivity index (χ3v) is 3.95. The molecule has 0 spiro atoms. The topological polar surface area (TPSA) is 65.4 Å². The number of carbonyl (C=O) groups excluding carboxylic acids is 1. The molecule has 1 N–H and O–H groups in total. The van der Waals surface area contributed by atoms with Crippen molar-refractivity contribution in [3.8, 4) is 11.5 Å². The number of nitrogens with zero attached hydrogens (tertiary/aromatic N) is 2. The Bertz CT molecular complexity index is 698. The molecule has 2 aromatic rings. The van der Waals surface area contributed by atoms with E-state index in [1.807, 2.05) is 16.7 Å². The van der Waals surface area contributed by atoms with Gasteiger partial charge in [0.2, 0.25) is 5.91 Å². The number of aromatic nitrogens is 2. The van der Waals surface area contributed by atoms with Gasteiger partial charge in [-0.15, -0.1) is 11.6 Å². The van der Waals surface area contributed by atoms with Crippen molar-refractivity contribution in [2.24, 2.45) is 0 Å². The summed E-state index contributed by atoms with van der Waals surface area (Å²) in [5, 5.41) is 2.84. The molecule has 1 aliphatic rings. The summed E-state index contributed by atoms with van der Waals surface area (Å²) in [6.45, 7) is 0.586. The van der Waals surface area contributed by atoms with E-state index in [0.717, 1.165) is 16.9 Å². The predicted molar refractivity (Wildman–Crippen MR) is 79.1 cm³/mol. The first kappa shape index (κ1) is 14.0. The van der Waals surface area contributed by atoms with Crippen LogP contribution in [0.4, 0.5) is 0 Å². The number of hydrogen-bond acceptors (Lipinski definition) is 4. The number of benzene rings is 1. The van der Waals surface area contributed by atoms with Gasteiger partial charge in [0.15, 0.2) is 11.5 Å². The van der Waals surface area contributed by atoms with Crippen LogP contribution in [0.3, 0.4) is 0 Å². The Labute approximate surface area is 127 Å². The summed E-state index contributed by atoms with van der Waals surface area (Å²) in [7, 11) is 3.18. The Morgan fingerprint density at radius 2 is 2.10 bits per heavy atom. The summed E-state index contributed by atoms with van der Waals surface area (Å²) in [5.74, 6) is 2.32. The van der Waals surface area contributed by atoms with Crippen LogP contribution in [0.2, 0.25) is 0 Å². The van der Waals surface area contributed by atoms with Gasteiger partial charge in [-0.25, -0.2) is 4.98 Å². The van der Waals surface area contributed by atoms with Crippen molar-refractivity contribution in [1.82, 2.24) is 14.9 Å². The second kappa shape index (κ2) is 5.44. The molecule has 1 aromatic carbocycles. The van der Waals surface area contributed by atoms with E-state index in [1.165, 1.54) is 0 Å². The SMILES string of the molecule is COc1cc2nc(CCl)n(C3CNC(=O)C3)c2cc1OC. The van der Waals surface area contributed by atoms with Crippen LogP contribution in [0.15, 0.2) is 12.1 Å². The smallest absolute Gasteiger partial charge is 0.222 e. The summed E-state index contributed by atoms with van der Waals surface area (Å²) in [4.78, 5) is 16.0. The molecule has 0 aliphatic carbocycles. The highest BCUT2D eigenvalue weighted by Crippen LogP contribution is 2.35. The van der Waals surface area contributed by atoms with E-state index < -0.39 is 0 Å². The fourth-order valence-electron chi connectivity index (χ4n) is 2.75. The molecule has 6 nitrogen and oxygen atoms in total. The molecule has 1 aromatic heterocycles. The first-order chi connectivity index (χ1) is 10.2. The summed E-state index contributed by atoms with van der Waals surface area (Å²) in [5.41, 5.74) is 1.67. The molecule has 2 heterocycles. The second-order valence-corrected chi connectivity index (χ2v) is 5.16. The second-order valence-electron chi connectivity index (χ2n) is 4.89. The summed E-state index contributed by atoms with van der Waals surface area (Å²) < 4.78 is 12.7. The summed E-state index contributed by atoms with van der Waals surface area (Å²) in [6, 6.07) is 3.72. The molecular formula is C14H16ClN3O3. The highest BCUT2D eigenvalue weighted by molar-refractivity contribution is 6.16. The molecule has 0 saturated carbocycles. The van der Waals surface area contributed by atoms with Crippen LogP contribution in [0, 0.1) is 0 Å². The molecule has 1 unspecified atom stereocenters. The van der Waals surface area contributed by atoms with Gasteiger partial charge < -0.3 is 19.4 Å². The van der Waals surface area contributed by atoms with E-state index in [2.05, 4.69) is 10.3 Å². The van der Waals surface area contributed by atoms with Gasteiger partial charge in [0.25, 0.3) is 0 Å². The van der Waals surface area contributed by atoms with Crippen LogP contribution in [-0.4, -0.2) is 36.2 Å². The minimum atomic E-state index is 0.0225. The predicted octanol–water partition coefficient (Wildman–Crippen LogP) is 1.85. The van der Waals surface area contributed by atoms with Gasteiger partial charge in [-0.05, 0) is 0 Å². The lowest BCUT2D eigenvalue weighted by Gasteiger charge is -2.14. The number of alkyl halides is 1. The van der Waals surface area contributed by atoms with Crippen LogP contribution in [-0.2, 0) is 10.7 Å². The highest BCUT2D eigenvalue weighted by Gasteiger charge is 2.27. The van der Waals surface area contributed by atoms with Gasteiger partial charge in [-0.3, -0.25) is 4.79 Å². The number of rotatable bonds is 4. The fourth-order valence-corrected chi connectivity index (χ4v) is 2.93. The summed E-state index contributed by atoms with van der Waals surface area (Å²) >= 11 is 6.01. The number of methoxy groups -OCH3 is 2. The zero-order chi connectivity index (χ0) is 15.0. The van der Waals surface area contributed by atoms with Crippen LogP contribution >= 0.6 is 11.6 Å². The van der Waals surface area contributed by atoms with Crippen LogP contribution < -0.4 is 14.8 Å². The van der Waals surface area contributed by atoms with E-state index in [9.17, 15) is 4.79 Å². The van der Waals surface area contributed by atoms with Crippen LogP contribution in [0.25, 0.3) is 11.0 Å². The molecule has 112 valence electrons. The lowest BCUT2D eigenvalue weighted by Crippen LogP contribution is -2.16. The van der Waals surface area contributed by atoms with E-state index >= 15 is 0 Å². The van der Waals surface area contributed by atoms with Crippen molar-refractivity contribution in [2.75, 3.05) is 20.8 Å². The zero-order valence-electron chi connectivity index (χ0n) is 11.9. The van der Waals surface area contributed by atoms with Gasteiger partial charge in [-0.2, -0.15) is 0 Å². The van der Waals surface area contributed by atoms with Gasteiger partial charge in [0.1, 0.15) is 5.82 Å². The van der Waals surface area contributed by atoms with Crippen molar-refractivity contribution in [3.05, 3.63) is 18.0 Å². The average molecular weight is 310 g/mol. The van der Waals surface area contributed by atoms with Gasteiger partial charge in [0, 0.05) is 25.1 Å². The van der Waals surface area contributed by atoms with Gasteiger partial charge in [0.05, 0.1) is 37.2 Å². The molecule has 1 atom stereocenters. The lowest BCUT2D eigenvalue weighted by molar-refractivity contribution is -0.119. The van der Waals surface area contributed by atoms with Gasteiger partial charge >= 0.3 is 0 Å². The number of carbonyl (C=O) groups is 1. The number of imidazole rings is 1. The Balaban J connectivity index is 2.19. The van der Waals surface area contributed by atoms with Crippen molar-refractivity contribution in [2.45, 2.75) is 18.3 Å². The maximum Gasteiger partial charge on any atom is 0.222 e. The number of nitrogens with one attached hydrogen (secondary N) is 1. The third kappa shape index (κ3) is 2.29. The molecule has 1 saturated heterocycles. The normalized spacial score (nSPS) is 18.0. The zero-order valence-corrected chi connectivity index (χ0v) is 12.6. The van der Waals surface area contributed by atoms with Crippen molar-refractivity contribution in [3.63, 3.8) is 0 Å². The third-order valence-electron chi connectivity index (χ3n) is 3.71. The maximum atomic E-state index is 11.5. The minimum Gasteiger partial charge on any atom is -0.493 e. The van der Waals surface area contributed by atoms with Crippen molar-refractivity contribution < 1.29 is 14.3 Å². The van der Waals surface area contributed by atoms with E-state index in [0.29, 0.717) is 24.5 Å². The monoisotopic (exact) mass is 309 g/mol. The van der Waals surface area contributed by atoms with Gasteiger partial charge in [-0.1, -0.05) is 0 Å². The maximum absolute atomic E-state index is 11.5. The van der Waals surface area contributed by atoms with E-state index in [4.69, 9.17) is 21.1 Å². The van der Waals surface area contributed by atoms with E-state index in [1.54, 1.807) is 14.2 Å². The number of amides is 1. The molecule has 7 heteroatoms. The lowest BCUT2D eigenvalue weighted by atomic mass is 10.2. The Morgan fingerprint density at radius 1 is 1.38 bits per heavy atom. The Morgan fingerprint density at radius 3 is 2.67 bits per heavy atom. The molecule has 21 heavy (non-hydrogen) atoms. The molecular weight excluding hydrogens is 294 g/mol. The van der Waals surface area contributed by atoms with Crippen LogP contribution in [0.5, 0.6) is 11.5 Å². The molecule has 1 fully saturated rings. The number of halogens is 1. The van der Waals surface area contributed by atoms with Crippen molar-refractivity contribution in [1.29, 1.82) is 0 Å². The first-order valence-electron chi connectivity index (χ1n) is 6.63. The molecule has 3 rings (SSSR count). The van der Waals surface area contributed by atoms with E-state index in [-0.39, 0.29) is 17.8 Å². The minimum absolute atomic E-state index is 0.0225. The standard InChI is InChI=1S/C14H16ClN3O3/c1-20-11-4-9-10(5-12(11)21-2)18(13(6-15)17-9)8-3-14(19)16-7-8/h4-5,8H,3,6-7H2,1-2H3,(H,16,19). The number of hydrogen-bond donors (Lipinski definition) is 1. The molecule has 1 aliphatic heterocycles. The average Bonchev–Trinajstić information content (AvgIpc) is 3.07. The highest BCUT2D eigenvalue weighted by atomic mass is 35.5. The fraction of sp³-hybridized carbons (Fsp3) is 0.429. The Hall–Kier alpha value is -1.95. The quantitative estimate of drug-likeness (QED) is 0.875. The molecule has 0 radical (unpaired) electrons. The number of fused-ring (bicyclic) bond motifs is 1. The van der Waals surface area contributed by atoms with Crippen molar-refractivity contribution >= 4 is 28.5 Å².